The molecule has 0 atom stereocenters. The molecule has 0 unspecified atom stereocenters. The van der Waals surface area contributed by atoms with Crippen LogP contribution in [0.5, 0.6) is 0 Å². The number of ether oxygens (including phenoxy) is 1. The Morgan fingerprint density at radius 3 is 2.55 bits per heavy atom. The molecule has 2 heteroatoms. The van der Waals surface area contributed by atoms with E-state index in [0.29, 0.717) is 5.92 Å². The summed E-state index contributed by atoms with van der Waals surface area (Å²) in [5.74, 6) is 1.77. The van der Waals surface area contributed by atoms with Gasteiger partial charge in [0.15, 0.2) is 0 Å². The van der Waals surface area contributed by atoms with E-state index in [0.717, 1.165) is 25.1 Å². The molecule has 0 aromatic heterocycles. The van der Waals surface area contributed by atoms with Crippen molar-refractivity contribution in [3.05, 3.63) is 11.8 Å². The minimum atomic E-state index is 0.627. The van der Waals surface area contributed by atoms with Gasteiger partial charge in [0, 0.05) is 0 Å². The van der Waals surface area contributed by atoms with Crippen LogP contribution in [-0.4, -0.2) is 14.5 Å². The van der Waals surface area contributed by atoms with Gasteiger partial charge in [0.05, 0.1) is 12.4 Å². The Morgan fingerprint density at radius 2 is 2.18 bits per heavy atom. The fourth-order valence-corrected chi connectivity index (χ4v) is 0.807. The molecule has 0 aliphatic carbocycles. The smallest absolute Gasteiger partial charge is 0.111 e. The first-order valence-electron chi connectivity index (χ1n) is 4.52. The zero-order valence-corrected chi connectivity index (χ0v) is 8.18. The fraction of sp³-hybridized carbons (Fsp3) is 0.778. The molecule has 0 radical (unpaired) electrons. The van der Waals surface area contributed by atoms with Gasteiger partial charge in [-0.25, -0.2) is 0 Å². The zero-order chi connectivity index (χ0) is 8.69. The minimum Gasteiger partial charge on any atom is -0.499 e. The van der Waals surface area contributed by atoms with Crippen molar-refractivity contribution in [2.24, 2.45) is 5.92 Å². The van der Waals surface area contributed by atoms with Gasteiger partial charge in [-0.2, -0.15) is 0 Å². The average Bonchev–Trinajstić information content (AvgIpc) is 1.97. The van der Waals surface area contributed by atoms with Gasteiger partial charge in [0.2, 0.25) is 0 Å². The van der Waals surface area contributed by atoms with Crippen LogP contribution in [0.2, 0.25) is 6.32 Å². The van der Waals surface area contributed by atoms with Crippen LogP contribution in [0.15, 0.2) is 11.8 Å². The number of rotatable bonds is 5. The number of hydrogen-bond acceptors (Lipinski definition) is 1. The Balaban J connectivity index is 3.61. The van der Waals surface area contributed by atoms with E-state index in [1.54, 1.807) is 0 Å². The Morgan fingerprint density at radius 1 is 1.55 bits per heavy atom. The third-order valence-corrected chi connectivity index (χ3v) is 1.38. The number of allylic oxidation sites excluding steroid dienone is 2. The summed E-state index contributed by atoms with van der Waals surface area (Å²) in [4.78, 5) is 0. The van der Waals surface area contributed by atoms with E-state index in [9.17, 15) is 0 Å². The molecule has 0 aliphatic rings. The largest absolute Gasteiger partial charge is 0.499 e. The third kappa shape index (κ3) is 6.02. The van der Waals surface area contributed by atoms with Gasteiger partial charge < -0.3 is 4.74 Å². The lowest BCUT2D eigenvalue weighted by molar-refractivity contribution is 0.180. The van der Waals surface area contributed by atoms with Crippen LogP contribution in [0, 0.1) is 5.92 Å². The third-order valence-electron chi connectivity index (χ3n) is 1.38. The summed E-state index contributed by atoms with van der Waals surface area (Å²) in [6.45, 7) is 7.31. The lowest BCUT2D eigenvalue weighted by atomic mass is 10.0. The highest BCUT2D eigenvalue weighted by Crippen LogP contribution is 2.05. The van der Waals surface area contributed by atoms with Crippen molar-refractivity contribution in [1.29, 1.82) is 0 Å². The molecule has 0 bridgehead atoms. The van der Waals surface area contributed by atoms with Crippen LogP contribution in [0.1, 0.15) is 27.2 Å². The van der Waals surface area contributed by atoms with Crippen LogP contribution < -0.4 is 0 Å². The van der Waals surface area contributed by atoms with Gasteiger partial charge in [-0.3, -0.25) is 0 Å². The van der Waals surface area contributed by atoms with E-state index in [1.165, 1.54) is 0 Å². The molecule has 0 rings (SSSR count). The van der Waals surface area contributed by atoms with Crippen LogP contribution in [0.25, 0.3) is 0 Å². The quantitative estimate of drug-likeness (QED) is 0.434. The highest BCUT2D eigenvalue weighted by atomic mass is 16.5. The predicted molar refractivity (Wildman–Crippen MR) is 52.5 cm³/mol. The summed E-state index contributed by atoms with van der Waals surface area (Å²) in [5, 5.41) is 0. The molecule has 64 valence electrons. The summed E-state index contributed by atoms with van der Waals surface area (Å²) >= 11 is 0. The Kier molecular flexibility index (Phi) is 6.10. The molecular weight excluding hydrogens is 135 g/mol. The van der Waals surface area contributed by atoms with Crippen molar-refractivity contribution in [2.75, 3.05) is 6.61 Å². The molecule has 0 saturated heterocycles. The second kappa shape index (κ2) is 6.32. The highest BCUT2D eigenvalue weighted by Gasteiger charge is 1.96. The summed E-state index contributed by atoms with van der Waals surface area (Å²) in [5.41, 5.74) is 0. The number of hydrogen-bond donors (Lipinski definition) is 0. The van der Waals surface area contributed by atoms with E-state index in [4.69, 9.17) is 4.74 Å². The van der Waals surface area contributed by atoms with E-state index < -0.39 is 0 Å². The van der Waals surface area contributed by atoms with Crippen molar-refractivity contribution >= 4 is 7.85 Å². The predicted octanol–water partition coefficient (Wildman–Crippen LogP) is 2.00. The van der Waals surface area contributed by atoms with Gasteiger partial charge in [-0.05, 0) is 24.7 Å². The first-order chi connectivity index (χ1) is 5.20. The molecule has 0 aliphatic heterocycles. The fourth-order valence-electron chi connectivity index (χ4n) is 0.807. The standard InChI is InChI=1S/C9H19BO/c1-4-5-9(6-10)11-7-8(2)3/h5,8H,4,6-7,10H2,1-3H3/b9-5+. The molecule has 1 nitrogen and oxygen atoms in total. The summed E-state index contributed by atoms with van der Waals surface area (Å²) in [6.07, 6.45) is 4.24. The van der Waals surface area contributed by atoms with E-state index >= 15 is 0 Å². The maximum atomic E-state index is 5.55. The first-order valence-corrected chi connectivity index (χ1v) is 4.52. The van der Waals surface area contributed by atoms with Crippen LogP contribution in [0.4, 0.5) is 0 Å². The van der Waals surface area contributed by atoms with Gasteiger partial charge in [-0.1, -0.05) is 20.8 Å². The molecule has 0 spiro atoms. The molecule has 0 N–H and O–H groups in total. The SMILES string of the molecule is BC/C(=C\CC)OCC(C)C. The lowest BCUT2D eigenvalue weighted by Crippen LogP contribution is -2.01. The molecule has 0 saturated carbocycles. The van der Waals surface area contributed by atoms with Gasteiger partial charge in [0.1, 0.15) is 7.85 Å². The van der Waals surface area contributed by atoms with E-state index in [1.807, 2.05) is 0 Å². The van der Waals surface area contributed by atoms with Crippen LogP contribution in [-0.2, 0) is 4.74 Å². The Hall–Kier alpha value is -0.395. The van der Waals surface area contributed by atoms with Crippen molar-refractivity contribution < 1.29 is 4.74 Å². The van der Waals surface area contributed by atoms with Gasteiger partial charge in [0.25, 0.3) is 0 Å². The Bertz CT molecular complexity index is 119. The first kappa shape index (κ1) is 10.6. The Labute approximate surface area is 71.2 Å². The lowest BCUT2D eigenvalue weighted by Gasteiger charge is -2.10. The zero-order valence-electron chi connectivity index (χ0n) is 8.18. The van der Waals surface area contributed by atoms with Crippen molar-refractivity contribution in [1.82, 2.24) is 0 Å². The van der Waals surface area contributed by atoms with Crippen LogP contribution in [0.3, 0.4) is 0 Å². The van der Waals surface area contributed by atoms with Gasteiger partial charge >= 0.3 is 0 Å². The highest BCUT2D eigenvalue weighted by molar-refractivity contribution is 6.10. The molecule has 0 amide bonds. The molecule has 0 heterocycles. The van der Waals surface area contributed by atoms with Crippen LogP contribution >= 0.6 is 0 Å². The van der Waals surface area contributed by atoms with E-state index in [-0.39, 0.29) is 0 Å². The topological polar surface area (TPSA) is 9.23 Å². The van der Waals surface area contributed by atoms with E-state index in [2.05, 4.69) is 34.7 Å². The average molecular weight is 154 g/mol. The van der Waals surface area contributed by atoms with Crippen molar-refractivity contribution in [3.63, 3.8) is 0 Å². The maximum absolute atomic E-state index is 5.55. The second-order valence-corrected chi connectivity index (χ2v) is 3.14. The minimum absolute atomic E-state index is 0.627. The van der Waals surface area contributed by atoms with Crippen molar-refractivity contribution in [2.45, 2.75) is 33.5 Å². The summed E-state index contributed by atoms with van der Waals surface area (Å²) in [7, 11) is 2.13. The normalized spacial score (nSPS) is 12.2. The molecule has 0 aromatic carbocycles. The monoisotopic (exact) mass is 154 g/mol. The molecule has 0 aromatic rings. The second-order valence-electron chi connectivity index (χ2n) is 3.14. The molecule has 11 heavy (non-hydrogen) atoms. The van der Waals surface area contributed by atoms with Gasteiger partial charge in [-0.15, -0.1) is 0 Å². The van der Waals surface area contributed by atoms with Crippen molar-refractivity contribution in [3.8, 4) is 0 Å². The molecular formula is C9H19BO. The maximum Gasteiger partial charge on any atom is 0.111 e. The summed E-state index contributed by atoms with van der Waals surface area (Å²) < 4.78 is 5.55. The molecule has 0 fully saturated rings. The summed E-state index contributed by atoms with van der Waals surface area (Å²) in [6, 6.07) is 0.